The van der Waals surface area contributed by atoms with Crippen LogP contribution in [-0.4, -0.2) is 80.6 Å². The minimum atomic E-state index is -2.94. The summed E-state index contributed by atoms with van der Waals surface area (Å²) in [7, 11) is 2.97. The number of hydrogen-bond donors (Lipinski definition) is 5. The third kappa shape index (κ3) is 3.11. The van der Waals surface area contributed by atoms with Crippen LogP contribution in [0, 0.1) is 11.8 Å². The van der Waals surface area contributed by atoms with Gasteiger partial charge in [-0.2, -0.15) is 0 Å². The Bertz CT molecular complexity index is 1250. The van der Waals surface area contributed by atoms with Crippen LogP contribution in [0.5, 0.6) is 5.75 Å². The molecule has 0 unspecified atom stereocenters. The molecule has 0 aliphatic heterocycles. The second-order valence-corrected chi connectivity index (χ2v) is 9.38. The fraction of sp³-hybridized carbons (Fsp3) is 0.417. The number of hydrogen-bond acceptors (Lipinski definition) is 10. The smallest absolute Gasteiger partial charge is 0.302 e. The number of aromatic hydroxyl groups is 1. The zero-order valence-electron chi connectivity index (χ0n) is 19.5. The standard InChI is InChI=1S/C24H26N2O9/c1-8-10-6-5-7-11(28)13(10)18(29)14-12(8)20(35-9(2)27)16-17(26(3)4)19(30)15(23(25)33)22(32)24(16,34)21(14)31/h5-8,12,16-17,20,28,30-31,34H,1-4H3,(H2,25,33)/t8-,12-,16+,17+,20-,24+/m1/s1. The second-order valence-electron chi connectivity index (χ2n) is 9.38. The summed E-state index contributed by atoms with van der Waals surface area (Å²) < 4.78 is 5.59. The van der Waals surface area contributed by atoms with Crippen LogP contribution in [-0.2, 0) is 19.1 Å². The Morgan fingerprint density at radius 3 is 2.31 bits per heavy atom. The van der Waals surface area contributed by atoms with E-state index in [-0.39, 0.29) is 11.3 Å². The summed E-state index contributed by atoms with van der Waals surface area (Å²) >= 11 is 0. The molecule has 0 fully saturated rings. The lowest BCUT2D eigenvalue weighted by Crippen LogP contribution is -2.69. The number of aliphatic hydroxyl groups excluding tert-OH is 2. The number of nitrogens with two attached hydrogens (primary N) is 1. The van der Waals surface area contributed by atoms with Crippen molar-refractivity contribution in [1.82, 2.24) is 4.90 Å². The molecule has 1 amide bonds. The van der Waals surface area contributed by atoms with Gasteiger partial charge >= 0.3 is 5.97 Å². The molecule has 1 aromatic carbocycles. The summed E-state index contributed by atoms with van der Waals surface area (Å²) in [5.74, 6) is -9.78. The number of fused-ring (bicyclic) bond motifs is 3. The predicted molar refractivity (Wildman–Crippen MR) is 119 cm³/mol. The molecule has 0 bridgehead atoms. The predicted octanol–water partition coefficient (Wildman–Crippen LogP) is 0.223. The van der Waals surface area contributed by atoms with Crippen molar-refractivity contribution in [1.29, 1.82) is 0 Å². The van der Waals surface area contributed by atoms with E-state index in [1.807, 2.05) is 0 Å². The van der Waals surface area contributed by atoms with Gasteiger partial charge in [0.05, 0.1) is 17.5 Å². The number of likely N-dealkylation sites (N-methyl/N-ethyl adjacent to an activating group) is 1. The van der Waals surface area contributed by atoms with Gasteiger partial charge in [0.15, 0.2) is 11.4 Å². The van der Waals surface area contributed by atoms with Gasteiger partial charge in [0.25, 0.3) is 5.91 Å². The van der Waals surface area contributed by atoms with E-state index in [1.54, 1.807) is 13.0 Å². The number of amides is 1. The molecule has 4 rings (SSSR count). The van der Waals surface area contributed by atoms with Crippen LogP contribution >= 0.6 is 0 Å². The van der Waals surface area contributed by atoms with Gasteiger partial charge in [-0.1, -0.05) is 19.1 Å². The van der Waals surface area contributed by atoms with Crippen molar-refractivity contribution in [3.05, 3.63) is 52.0 Å². The summed E-state index contributed by atoms with van der Waals surface area (Å²) in [5.41, 5.74) is 1.32. The van der Waals surface area contributed by atoms with Gasteiger partial charge in [0.1, 0.15) is 28.9 Å². The SMILES string of the molecule is CC(=O)O[C@@H]1[C@H]2C(=C(O)[C@]3(O)C(=O)C(C(N)=O)=C(O)[C@@H](N(C)C)[C@@H]13)C(=O)c1c(O)cccc1[C@H]2C. The summed E-state index contributed by atoms with van der Waals surface area (Å²) in [6.07, 6.45) is -1.40. The highest BCUT2D eigenvalue weighted by Gasteiger charge is 2.68. The Kier molecular flexibility index (Phi) is 5.53. The number of phenolic OH excluding ortho intramolecular Hbond substituents is 1. The van der Waals surface area contributed by atoms with Crippen molar-refractivity contribution in [3.63, 3.8) is 0 Å². The number of ketones is 2. The van der Waals surface area contributed by atoms with E-state index in [2.05, 4.69) is 0 Å². The first-order chi connectivity index (χ1) is 16.3. The maximum atomic E-state index is 13.6. The molecule has 1 aromatic rings. The minimum Gasteiger partial charge on any atom is -0.510 e. The Hall–Kier alpha value is -3.70. The molecule has 6 N–H and O–H groups in total. The van der Waals surface area contributed by atoms with E-state index in [0.717, 1.165) is 6.92 Å². The zero-order chi connectivity index (χ0) is 26.1. The van der Waals surface area contributed by atoms with E-state index in [1.165, 1.54) is 31.1 Å². The third-order valence-corrected chi connectivity index (χ3v) is 7.27. The van der Waals surface area contributed by atoms with Gasteiger partial charge < -0.3 is 30.9 Å². The maximum absolute atomic E-state index is 13.6. The average molecular weight is 486 g/mol. The van der Waals surface area contributed by atoms with Crippen molar-refractivity contribution in [2.75, 3.05) is 14.1 Å². The average Bonchev–Trinajstić information content (AvgIpc) is 2.75. The molecule has 0 spiro atoms. The van der Waals surface area contributed by atoms with Crippen LogP contribution < -0.4 is 5.73 Å². The van der Waals surface area contributed by atoms with Crippen molar-refractivity contribution in [2.24, 2.45) is 17.6 Å². The van der Waals surface area contributed by atoms with Gasteiger partial charge in [0, 0.05) is 18.4 Å². The van der Waals surface area contributed by atoms with Crippen LogP contribution in [0.3, 0.4) is 0 Å². The van der Waals surface area contributed by atoms with Crippen LogP contribution in [0.2, 0.25) is 0 Å². The minimum absolute atomic E-state index is 0.123. The number of nitrogens with zero attached hydrogens (tertiary/aromatic N) is 1. The first-order valence-electron chi connectivity index (χ1n) is 10.9. The van der Waals surface area contributed by atoms with E-state index in [9.17, 15) is 39.6 Å². The molecule has 0 aromatic heterocycles. The normalized spacial score (nSPS) is 32.2. The van der Waals surface area contributed by atoms with E-state index in [0.29, 0.717) is 5.56 Å². The van der Waals surface area contributed by atoms with Crippen LogP contribution in [0.4, 0.5) is 0 Å². The van der Waals surface area contributed by atoms with Crippen molar-refractivity contribution < 1.29 is 44.3 Å². The highest BCUT2D eigenvalue weighted by atomic mass is 16.5. The molecule has 3 aliphatic carbocycles. The third-order valence-electron chi connectivity index (χ3n) is 7.27. The van der Waals surface area contributed by atoms with Crippen molar-refractivity contribution in [3.8, 4) is 5.75 Å². The lowest BCUT2D eigenvalue weighted by Gasteiger charge is -2.54. The number of benzene rings is 1. The number of Topliss-reactive ketones (excluding diaryl/α,β-unsaturated/α-hetero) is 2. The molecule has 0 saturated heterocycles. The first kappa shape index (κ1) is 24.4. The van der Waals surface area contributed by atoms with Crippen LogP contribution in [0.25, 0.3) is 0 Å². The Morgan fingerprint density at radius 1 is 1.14 bits per heavy atom. The molecule has 0 saturated carbocycles. The molecule has 0 radical (unpaired) electrons. The molecule has 35 heavy (non-hydrogen) atoms. The first-order valence-corrected chi connectivity index (χ1v) is 10.9. The molecule has 186 valence electrons. The fourth-order valence-electron chi connectivity index (χ4n) is 5.89. The topological polar surface area (TPSA) is 188 Å². The number of primary amides is 1. The number of aliphatic hydroxyl groups is 3. The lowest BCUT2D eigenvalue weighted by molar-refractivity contribution is -0.179. The second kappa shape index (κ2) is 7.92. The molecular formula is C24H26N2O9. The monoisotopic (exact) mass is 486 g/mol. The number of phenols is 1. The lowest BCUT2D eigenvalue weighted by atomic mass is 9.55. The number of carbonyl (C=O) groups is 4. The number of ether oxygens (including phenoxy) is 1. The molecule has 11 nitrogen and oxygen atoms in total. The van der Waals surface area contributed by atoms with E-state index >= 15 is 0 Å². The fourth-order valence-corrected chi connectivity index (χ4v) is 5.89. The summed E-state index contributed by atoms with van der Waals surface area (Å²) in [5, 5.41) is 44.5. The molecular weight excluding hydrogens is 460 g/mol. The molecule has 11 heteroatoms. The van der Waals surface area contributed by atoms with Crippen molar-refractivity contribution in [2.45, 2.75) is 37.5 Å². The number of esters is 1. The molecule has 3 aliphatic rings. The van der Waals surface area contributed by atoms with Gasteiger partial charge in [-0.15, -0.1) is 0 Å². The highest BCUT2D eigenvalue weighted by molar-refractivity contribution is 6.25. The highest BCUT2D eigenvalue weighted by Crippen LogP contribution is 2.56. The zero-order valence-corrected chi connectivity index (χ0v) is 19.5. The number of carbonyl (C=O) groups excluding carboxylic acids is 4. The Balaban J connectivity index is 2.11. The van der Waals surface area contributed by atoms with E-state index in [4.69, 9.17) is 10.5 Å². The van der Waals surface area contributed by atoms with Gasteiger partial charge in [-0.3, -0.25) is 24.1 Å². The molecule has 6 atom stereocenters. The van der Waals surface area contributed by atoms with E-state index < -0.39 is 81.6 Å². The summed E-state index contributed by atoms with van der Waals surface area (Å²) in [6, 6.07) is 3.12. The number of rotatable bonds is 3. The van der Waals surface area contributed by atoms with Crippen molar-refractivity contribution >= 4 is 23.4 Å². The van der Waals surface area contributed by atoms with Gasteiger partial charge in [0.2, 0.25) is 5.78 Å². The Labute approximate surface area is 200 Å². The van der Waals surface area contributed by atoms with Gasteiger partial charge in [-0.05, 0) is 31.6 Å². The Morgan fingerprint density at radius 2 is 1.77 bits per heavy atom. The summed E-state index contributed by atoms with van der Waals surface area (Å²) in [6.45, 7) is 2.79. The van der Waals surface area contributed by atoms with Crippen LogP contribution in [0.15, 0.2) is 40.9 Å². The molecule has 0 heterocycles. The largest absolute Gasteiger partial charge is 0.510 e. The van der Waals surface area contributed by atoms with Gasteiger partial charge in [-0.25, -0.2) is 0 Å². The quantitative estimate of drug-likeness (QED) is 0.292. The summed E-state index contributed by atoms with van der Waals surface area (Å²) in [4.78, 5) is 52.7. The van der Waals surface area contributed by atoms with Crippen LogP contribution in [0.1, 0.15) is 35.7 Å². The maximum Gasteiger partial charge on any atom is 0.302 e.